The Hall–Kier alpha value is -3.00. The number of benzene rings is 4. The third-order valence-corrected chi connectivity index (χ3v) is 6.95. The van der Waals surface area contributed by atoms with Crippen molar-refractivity contribution in [2.75, 3.05) is 0 Å². The zero-order valence-electron chi connectivity index (χ0n) is 20.9. The second-order valence-electron chi connectivity index (χ2n) is 10.2. The highest BCUT2D eigenvalue weighted by Crippen LogP contribution is 2.52. The smallest absolute Gasteiger partial charge is 0.124 e. The van der Waals surface area contributed by atoms with E-state index >= 15 is 0 Å². The minimum atomic E-state index is 0.0941. The molecule has 5 radical (unpaired) electrons. The van der Waals surface area contributed by atoms with Crippen LogP contribution in [-0.2, 0) is 12.8 Å². The average Bonchev–Trinajstić information content (AvgIpc) is 3.24. The number of fused-ring (bicyclic) bond motifs is 8. The second-order valence-corrected chi connectivity index (χ2v) is 10.2. The molecule has 175 valence electrons. The first-order valence-corrected chi connectivity index (χ1v) is 12.7. The average molecular weight is 460 g/mol. The van der Waals surface area contributed by atoms with Gasteiger partial charge in [-0.3, -0.25) is 0 Å². The largest absolute Gasteiger partial charge is 0.491 e. The van der Waals surface area contributed by atoms with E-state index in [4.69, 9.17) is 9.47 Å². The normalized spacial score (nSPS) is 16.3. The molecule has 1 saturated carbocycles. The molecule has 0 heterocycles. The van der Waals surface area contributed by atoms with Gasteiger partial charge in [-0.15, -0.1) is 0 Å². The van der Waals surface area contributed by atoms with Crippen LogP contribution in [0.3, 0.4) is 0 Å². The fourth-order valence-electron chi connectivity index (χ4n) is 5.59. The van der Waals surface area contributed by atoms with Crippen molar-refractivity contribution in [1.29, 1.82) is 0 Å². The molecule has 0 saturated heterocycles. The lowest BCUT2D eigenvalue weighted by atomic mass is 9.75. The van der Waals surface area contributed by atoms with Crippen LogP contribution in [0.1, 0.15) is 38.8 Å². The van der Waals surface area contributed by atoms with Gasteiger partial charge in [-0.25, -0.2) is 0 Å². The van der Waals surface area contributed by atoms with Crippen LogP contribution in [0.4, 0.5) is 0 Å². The third-order valence-electron chi connectivity index (χ3n) is 6.95. The molecule has 0 N–H and O–H groups in total. The summed E-state index contributed by atoms with van der Waals surface area (Å²) in [6.07, 6.45) is 8.61. The maximum atomic E-state index is 6.50. The van der Waals surface area contributed by atoms with E-state index in [2.05, 4.69) is 108 Å². The van der Waals surface area contributed by atoms with E-state index in [-0.39, 0.29) is 12.2 Å². The topological polar surface area (TPSA) is 18.5 Å². The molecule has 2 heteroatoms. The van der Waals surface area contributed by atoms with Crippen LogP contribution < -0.4 is 9.47 Å². The molecule has 0 bridgehead atoms. The van der Waals surface area contributed by atoms with E-state index in [0.717, 1.165) is 24.3 Å². The quantitative estimate of drug-likeness (QED) is 0.307. The number of ether oxygens (including phenoxy) is 2. The number of hydrogen-bond donors (Lipinski definition) is 0. The van der Waals surface area contributed by atoms with Crippen molar-refractivity contribution >= 4 is 21.5 Å². The summed E-state index contributed by atoms with van der Waals surface area (Å²) in [5.41, 5.74) is 5.09. The summed E-state index contributed by atoms with van der Waals surface area (Å²) in [5, 5.41) is 4.94. The number of rotatable bonds is 4. The van der Waals surface area contributed by atoms with Crippen LogP contribution in [0.15, 0.2) is 60.7 Å². The van der Waals surface area contributed by atoms with Gasteiger partial charge in [0.1, 0.15) is 11.5 Å². The third kappa shape index (κ3) is 3.97. The Bertz CT molecular complexity index is 1290. The molecule has 4 aromatic carbocycles. The summed E-state index contributed by atoms with van der Waals surface area (Å²) >= 11 is 0. The molecule has 1 fully saturated rings. The fourth-order valence-corrected chi connectivity index (χ4v) is 5.59. The lowest BCUT2D eigenvalue weighted by molar-refractivity contribution is 0.239. The lowest BCUT2D eigenvalue weighted by Crippen LogP contribution is -2.18. The predicted molar refractivity (Wildman–Crippen MR) is 145 cm³/mol. The van der Waals surface area contributed by atoms with Crippen LogP contribution in [0.25, 0.3) is 32.7 Å². The Kier molecular flexibility index (Phi) is 5.71. The van der Waals surface area contributed by atoms with Crippen molar-refractivity contribution < 1.29 is 9.47 Å². The highest BCUT2D eigenvalue weighted by molar-refractivity contribution is 6.10. The summed E-state index contributed by atoms with van der Waals surface area (Å²) in [5.74, 6) is 4.69. The highest BCUT2D eigenvalue weighted by atomic mass is 16.5. The minimum Gasteiger partial charge on any atom is -0.491 e. The van der Waals surface area contributed by atoms with E-state index < -0.39 is 0 Å². The van der Waals surface area contributed by atoms with Gasteiger partial charge in [-0.05, 0) is 116 Å². The van der Waals surface area contributed by atoms with Gasteiger partial charge in [0.2, 0.25) is 0 Å². The van der Waals surface area contributed by atoms with Crippen LogP contribution in [0.2, 0.25) is 0 Å². The van der Waals surface area contributed by atoms with E-state index in [9.17, 15) is 0 Å². The highest BCUT2D eigenvalue weighted by Gasteiger charge is 2.36. The monoisotopic (exact) mass is 459 g/mol. The van der Waals surface area contributed by atoms with E-state index in [1.165, 1.54) is 55.6 Å². The molecule has 0 atom stereocenters. The second kappa shape index (κ2) is 8.90. The van der Waals surface area contributed by atoms with Crippen LogP contribution in [0.5, 0.6) is 11.5 Å². The zero-order chi connectivity index (χ0) is 24.1. The van der Waals surface area contributed by atoms with Gasteiger partial charge < -0.3 is 9.47 Å². The van der Waals surface area contributed by atoms with Crippen molar-refractivity contribution in [2.24, 2.45) is 0 Å². The van der Waals surface area contributed by atoms with Crippen LogP contribution in [0, 0.1) is 31.1 Å². The SMILES string of the molecule is CC(C)Oc1cc2ccccc2c2c1C[C]1[CH][CH][CH][C]1Cc1c(OC(C)C)cc3ccccc3c1-2. The molecule has 0 unspecified atom stereocenters. The maximum absolute atomic E-state index is 6.50. The van der Waals surface area contributed by atoms with Crippen molar-refractivity contribution in [2.45, 2.75) is 52.7 Å². The van der Waals surface area contributed by atoms with Gasteiger partial charge in [0.25, 0.3) is 0 Å². The first kappa shape index (κ1) is 22.5. The van der Waals surface area contributed by atoms with Gasteiger partial charge in [0, 0.05) is 11.1 Å². The Balaban J connectivity index is 1.78. The molecule has 35 heavy (non-hydrogen) atoms. The molecule has 0 spiro atoms. The number of hydrogen-bond acceptors (Lipinski definition) is 2. The molecule has 0 aliphatic heterocycles. The van der Waals surface area contributed by atoms with Crippen molar-refractivity contribution in [3.63, 3.8) is 0 Å². The summed E-state index contributed by atoms with van der Waals surface area (Å²) in [6, 6.07) is 21.9. The Morgan fingerprint density at radius 3 is 1.46 bits per heavy atom. The summed E-state index contributed by atoms with van der Waals surface area (Å²) in [7, 11) is 0. The van der Waals surface area contributed by atoms with Gasteiger partial charge in [-0.2, -0.15) is 0 Å². The van der Waals surface area contributed by atoms with Crippen molar-refractivity contribution in [3.05, 3.63) is 103 Å². The minimum absolute atomic E-state index is 0.0941. The summed E-state index contributed by atoms with van der Waals surface area (Å²) in [4.78, 5) is 0. The molecule has 0 aromatic heterocycles. The molecular weight excluding hydrogens is 428 g/mol. The molecular formula is C33H31O2. The van der Waals surface area contributed by atoms with Gasteiger partial charge >= 0.3 is 0 Å². The van der Waals surface area contributed by atoms with Crippen molar-refractivity contribution in [1.82, 2.24) is 0 Å². The van der Waals surface area contributed by atoms with Gasteiger partial charge in [-0.1, -0.05) is 48.5 Å². The Morgan fingerprint density at radius 1 is 0.600 bits per heavy atom. The molecule has 6 rings (SSSR count). The standard InChI is InChI=1S/C33H31O2/c1-20(2)34-30-18-24-10-5-7-14-26(24)32-28(30)16-22-12-9-13-23(22)17-29-31(35-21(3)4)19-25-11-6-8-15-27(25)33(29)32/h5-15,18-21H,16-17H2,1-4H3. The Labute approximate surface area is 209 Å². The zero-order valence-corrected chi connectivity index (χ0v) is 20.9. The van der Waals surface area contributed by atoms with E-state index in [0.29, 0.717) is 0 Å². The van der Waals surface area contributed by atoms with Gasteiger partial charge in [0.15, 0.2) is 0 Å². The van der Waals surface area contributed by atoms with Crippen molar-refractivity contribution in [3.8, 4) is 22.6 Å². The lowest BCUT2D eigenvalue weighted by Gasteiger charge is -2.31. The molecule has 2 nitrogen and oxygen atoms in total. The predicted octanol–water partition coefficient (Wildman–Crippen LogP) is 8.11. The summed E-state index contributed by atoms with van der Waals surface area (Å²) in [6.45, 7) is 8.43. The molecule has 2 aliphatic carbocycles. The van der Waals surface area contributed by atoms with E-state index in [1.807, 2.05) is 0 Å². The first-order valence-electron chi connectivity index (χ1n) is 12.7. The first-order chi connectivity index (χ1) is 17.0. The maximum Gasteiger partial charge on any atom is 0.124 e. The van der Waals surface area contributed by atoms with Gasteiger partial charge in [0.05, 0.1) is 12.2 Å². The molecule has 2 aliphatic rings. The van der Waals surface area contributed by atoms with Crippen LogP contribution in [-0.4, -0.2) is 12.2 Å². The van der Waals surface area contributed by atoms with E-state index in [1.54, 1.807) is 0 Å². The molecule has 0 amide bonds. The van der Waals surface area contributed by atoms with Crippen LogP contribution >= 0.6 is 0 Å². The Morgan fingerprint density at radius 2 is 1.03 bits per heavy atom. The molecule has 4 aromatic rings. The summed E-state index contributed by atoms with van der Waals surface area (Å²) < 4.78 is 13.0. The fraction of sp³-hybridized carbons (Fsp3) is 0.242.